The van der Waals surface area contributed by atoms with E-state index in [0.29, 0.717) is 10.8 Å². The molecule has 1 N–H and O–H groups in total. The highest BCUT2D eigenvalue weighted by atomic mass is 32.2. The van der Waals surface area contributed by atoms with Gasteiger partial charge in [-0.15, -0.1) is 0 Å². The third-order valence-corrected chi connectivity index (χ3v) is 3.06. The highest BCUT2D eigenvalue weighted by molar-refractivity contribution is 7.98. The van der Waals surface area contributed by atoms with Crippen LogP contribution in [0.2, 0.25) is 0 Å². The molecule has 0 saturated carbocycles. The first-order valence-corrected chi connectivity index (χ1v) is 5.80. The van der Waals surface area contributed by atoms with Crippen molar-refractivity contribution in [1.29, 1.82) is 0 Å². The Morgan fingerprint density at radius 3 is 3.00 bits per heavy atom. The molecule has 6 nitrogen and oxygen atoms in total. The minimum atomic E-state index is -0.951. The van der Waals surface area contributed by atoms with Gasteiger partial charge in [0.15, 0.2) is 0 Å². The molecule has 2 aromatic heterocycles. The minimum absolute atomic E-state index is 0.237. The summed E-state index contributed by atoms with van der Waals surface area (Å²) in [5, 5.41) is 13.5. The normalized spacial score (nSPS) is 10.4. The number of carboxylic acid groups (broad SMARTS) is 1. The number of aromatic carboxylic acids is 1. The highest BCUT2D eigenvalue weighted by Crippen LogP contribution is 2.20. The van der Waals surface area contributed by atoms with Gasteiger partial charge < -0.3 is 5.11 Å². The van der Waals surface area contributed by atoms with Crippen molar-refractivity contribution in [2.24, 2.45) is 7.05 Å². The maximum Gasteiger partial charge on any atom is 0.335 e. The van der Waals surface area contributed by atoms with Crippen molar-refractivity contribution < 1.29 is 9.90 Å². The molecule has 7 heteroatoms. The van der Waals surface area contributed by atoms with Crippen LogP contribution in [0.15, 0.2) is 29.7 Å². The number of pyridine rings is 1. The molecule has 0 radical (unpaired) electrons. The number of rotatable bonds is 4. The van der Waals surface area contributed by atoms with Gasteiger partial charge in [-0.3, -0.25) is 4.68 Å². The number of aromatic nitrogens is 4. The molecular formula is C10H10N4O2S. The van der Waals surface area contributed by atoms with Crippen molar-refractivity contribution in [2.45, 2.75) is 10.8 Å². The summed E-state index contributed by atoms with van der Waals surface area (Å²) in [4.78, 5) is 18.9. The summed E-state index contributed by atoms with van der Waals surface area (Å²) >= 11 is 1.43. The molecule has 0 aliphatic carbocycles. The largest absolute Gasteiger partial charge is 0.478 e. The van der Waals surface area contributed by atoms with E-state index in [1.807, 2.05) is 7.05 Å². The summed E-state index contributed by atoms with van der Waals surface area (Å²) < 4.78 is 1.67. The van der Waals surface area contributed by atoms with Crippen molar-refractivity contribution in [2.75, 3.05) is 0 Å². The van der Waals surface area contributed by atoms with Gasteiger partial charge >= 0.3 is 5.97 Å². The van der Waals surface area contributed by atoms with E-state index >= 15 is 0 Å². The van der Waals surface area contributed by atoms with Crippen molar-refractivity contribution in [3.05, 3.63) is 36.0 Å². The van der Waals surface area contributed by atoms with Crippen LogP contribution in [0.25, 0.3) is 0 Å². The smallest absolute Gasteiger partial charge is 0.335 e. The first kappa shape index (κ1) is 11.6. The van der Waals surface area contributed by atoms with Crippen LogP contribution in [-0.4, -0.2) is 30.8 Å². The second-order valence-corrected chi connectivity index (χ2v) is 4.27. The van der Waals surface area contributed by atoms with E-state index in [4.69, 9.17) is 5.11 Å². The molecule has 17 heavy (non-hydrogen) atoms. The van der Waals surface area contributed by atoms with Crippen LogP contribution >= 0.6 is 11.8 Å². The lowest BCUT2D eigenvalue weighted by Crippen LogP contribution is -1.99. The second-order valence-electron chi connectivity index (χ2n) is 3.28. The summed E-state index contributed by atoms with van der Waals surface area (Å²) in [6.45, 7) is 0. The zero-order chi connectivity index (χ0) is 12.3. The van der Waals surface area contributed by atoms with Gasteiger partial charge in [-0.25, -0.2) is 14.8 Å². The molecule has 0 amide bonds. The van der Waals surface area contributed by atoms with E-state index in [-0.39, 0.29) is 5.56 Å². The maximum absolute atomic E-state index is 10.8. The van der Waals surface area contributed by atoms with Gasteiger partial charge in [0.1, 0.15) is 12.2 Å². The lowest BCUT2D eigenvalue weighted by Gasteiger charge is -2.01. The molecule has 0 aliphatic heterocycles. The van der Waals surface area contributed by atoms with Crippen molar-refractivity contribution >= 4 is 17.7 Å². The fourth-order valence-electron chi connectivity index (χ4n) is 1.21. The molecular weight excluding hydrogens is 240 g/mol. The van der Waals surface area contributed by atoms with Gasteiger partial charge in [-0.1, -0.05) is 11.8 Å². The van der Waals surface area contributed by atoms with E-state index < -0.39 is 5.97 Å². The van der Waals surface area contributed by atoms with E-state index in [1.165, 1.54) is 30.4 Å². The van der Waals surface area contributed by atoms with Gasteiger partial charge in [0.2, 0.25) is 0 Å². The quantitative estimate of drug-likeness (QED) is 0.821. The summed E-state index contributed by atoms with van der Waals surface area (Å²) in [6.07, 6.45) is 2.97. The highest BCUT2D eigenvalue weighted by Gasteiger charge is 2.06. The number of hydrogen-bond acceptors (Lipinski definition) is 5. The average molecular weight is 250 g/mol. The number of thioether (sulfide) groups is 1. The summed E-state index contributed by atoms with van der Waals surface area (Å²) in [5.74, 6) is 0.470. The molecule has 2 aromatic rings. The Morgan fingerprint density at radius 2 is 2.35 bits per heavy atom. The van der Waals surface area contributed by atoms with Crippen molar-refractivity contribution in [3.63, 3.8) is 0 Å². The fourth-order valence-corrected chi connectivity index (χ4v) is 2.09. The maximum atomic E-state index is 10.8. The molecule has 0 unspecified atom stereocenters. The zero-order valence-electron chi connectivity index (χ0n) is 9.07. The Hall–Kier alpha value is -1.89. The third kappa shape index (κ3) is 2.82. The second kappa shape index (κ2) is 4.96. The van der Waals surface area contributed by atoms with E-state index in [9.17, 15) is 4.79 Å². The minimum Gasteiger partial charge on any atom is -0.478 e. The van der Waals surface area contributed by atoms with Crippen LogP contribution in [0.5, 0.6) is 0 Å². The van der Waals surface area contributed by atoms with Crippen LogP contribution in [-0.2, 0) is 12.8 Å². The molecule has 0 fully saturated rings. The summed E-state index contributed by atoms with van der Waals surface area (Å²) in [5.41, 5.74) is 0.237. The molecule has 88 valence electrons. The topological polar surface area (TPSA) is 80.9 Å². The SMILES string of the molecule is Cn1ncnc1CSc1cc(C(=O)O)ccn1. The van der Waals surface area contributed by atoms with Crippen LogP contribution in [0, 0.1) is 0 Å². The van der Waals surface area contributed by atoms with Crippen LogP contribution in [0.3, 0.4) is 0 Å². The van der Waals surface area contributed by atoms with Crippen LogP contribution in [0.1, 0.15) is 16.2 Å². The number of carboxylic acids is 1. The Labute approximate surface area is 102 Å². The Kier molecular flexibility index (Phi) is 3.38. The molecule has 2 rings (SSSR count). The molecule has 2 heterocycles. The number of aryl methyl sites for hydroxylation is 1. The predicted octanol–water partition coefficient (Wildman–Crippen LogP) is 1.20. The fraction of sp³-hybridized carbons (Fsp3) is 0.200. The predicted molar refractivity (Wildman–Crippen MR) is 61.8 cm³/mol. The summed E-state index contributed by atoms with van der Waals surface area (Å²) in [6, 6.07) is 3.01. The standard InChI is InChI=1S/C10H10N4O2S/c1-14-8(12-6-13-14)5-17-9-4-7(10(15)16)2-3-11-9/h2-4,6H,5H2,1H3,(H,15,16). The first-order chi connectivity index (χ1) is 8.16. The van der Waals surface area contributed by atoms with Crippen LogP contribution in [0.4, 0.5) is 0 Å². The monoisotopic (exact) mass is 250 g/mol. The summed E-state index contributed by atoms with van der Waals surface area (Å²) in [7, 11) is 1.81. The Morgan fingerprint density at radius 1 is 1.53 bits per heavy atom. The lowest BCUT2D eigenvalue weighted by atomic mass is 10.3. The number of carbonyl (C=O) groups is 1. The number of hydrogen-bond donors (Lipinski definition) is 1. The molecule has 0 bridgehead atoms. The zero-order valence-corrected chi connectivity index (χ0v) is 9.89. The van der Waals surface area contributed by atoms with Crippen molar-refractivity contribution in [3.8, 4) is 0 Å². The average Bonchev–Trinajstić information content (AvgIpc) is 2.72. The molecule has 0 atom stereocenters. The number of nitrogens with zero attached hydrogens (tertiary/aromatic N) is 4. The van der Waals surface area contributed by atoms with Gasteiger partial charge in [0.05, 0.1) is 16.3 Å². The molecule has 0 saturated heterocycles. The first-order valence-electron chi connectivity index (χ1n) is 4.82. The van der Waals surface area contributed by atoms with Gasteiger partial charge in [0, 0.05) is 13.2 Å². The van der Waals surface area contributed by atoms with Crippen molar-refractivity contribution in [1.82, 2.24) is 19.7 Å². The van der Waals surface area contributed by atoms with Crippen LogP contribution < -0.4 is 0 Å². The Bertz CT molecular complexity index is 541. The van der Waals surface area contributed by atoms with E-state index in [0.717, 1.165) is 5.82 Å². The van der Waals surface area contributed by atoms with Gasteiger partial charge in [0.25, 0.3) is 0 Å². The molecule has 0 spiro atoms. The van der Waals surface area contributed by atoms with E-state index in [1.54, 1.807) is 10.7 Å². The Balaban J connectivity index is 2.07. The van der Waals surface area contributed by atoms with Gasteiger partial charge in [-0.2, -0.15) is 5.10 Å². The molecule has 0 aromatic carbocycles. The third-order valence-electron chi connectivity index (χ3n) is 2.14. The van der Waals surface area contributed by atoms with E-state index in [2.05, 4.69) is 15.1 Å². The molecule has 0 aliphatic rings. The lowest BCUT2D eigenvalue weighted by molar-refractivity contribution is 0.0696. The van der Waals surface area contributed by atoms with Gasteiger partial charge in [-0.05, 0) is 12.1 Å².